The molecule has 0 bridgehead atoms. The lowest BCUT2D eigenvalue weighted by Crippen LogP contribution is -2.38. The Morgan fingerprint density at radius 3 is 3.00 bits per heavy atom. The number of sulfonamides is 1. The minimum Gasteiger partial charge on any atom is -0.487 e. The highest BCUT2D eigenvalue weighted by molar-refractivity contribution is 7.89. The van der Waals surface area contributed by atoms with Crippen LogP contribution in [0.4, 0.5) is 0 Å². The van der Waals surface area contributed by atoms with E-state index in [1.165, 1.54) is 11.4 Å². The number of nitrogens with zero attached hydrogens (tertiary/aromatic N) is 2. The molecule has 2 atom stereocenters. The van der Waals surface area contributed by atoms with Gasteiger partial charge in [-0.25, -0.2) is 8.42 Å². The average Bonchev–Trinajstić information content (AvgIpc) is 2.89. The maximum absolute atomic E-state index is 12.3. The maximum Gasteiger partial charge on any atom is 0.219 e. The van der Waals surface area contributed by atoms with Crippen LogP contribution in [0.25, 0.3) is 0 Å². The third-order valence-corrected chi connectivity index (χ3v) is 5.52. The van der Waals surface area contributed by atoms with E-state index >= 15 is 0 Å². The molecule has 0 radical (unpaired) electrons. The van der Waals surface area contributed by atoms with Crippen molar-refractivity contribution in [2.24, 2.45) is 0 Å². The highest BCUT2D eigenvalue weighted by Gasteiger charge is 2.35. The summed E-state index contributed by atoms with van der Waals surface area (Å²) < 4.78 is 36.7. The first-order chi connectivity index (χ1) is 9.54. The van der Waals surface area contributed by atoms with E-state index in [9.17, 15) is 8.42 Å². The molecule has 2 heterocycles. The van der Waals surface area contributed by atoms with E-state index in [4.69, 9.17) is 9.47 Å². The van der Waals surface area contributed by atoms with Crippen LogP contribution in [0.1, 0.15) is 13.3 Å². The van der Waals surface area contributed by atoms with Crippen LogP contribution in [0.15, 0.2) is 24.5 Å². The maximum atomic E-state index is 12.3. The van der Waals surface area contributed by atoms with E-state index in [2.05, 4.69) is 4.98 Å². The summed E-state index contributed by atoms with van der Waals surface area (Å²) in [6, 6.07) is 3.61. The zero-order valence-corrected chi connectivity index (χ0v) is 12.5. The molecule has 6 nitrogen and oxygen atoms in total. The summed E-state index contributed by atoms with van der Waals surface area (Å²) >= 11 is 0. The van der Waals surface area contributed by atoms with E-state index in [0.29, 0.717) is 25.3 Å². The fourth-order valence-electron chi connectivity index (χ4n) is 2.21. The third-order valence-electron chi connectivity index (χ3n) is 3.31. The van der Waals surface area contributed by atoms with Gasteiger partial charge in [0.15, 0.2) is 0 Å². The second-order valence-electron chi connectivity index (χ2n) is 4.89. The van der Waals surface area contributed by atoms with E-state index < -0.39 is 15.3 Å². The van der Waals surface area contributed by atoms with Crippen molar-refractivity contribution in [1.29, 1.82) is 0 Å². The number of pyridine rings is 1. The van der Waals surface area contributed by atoms with Gasteiger partial charge in [-0.05, 0) is 25.5 Å². The lowest BCUT2D eigenvalue weighted by Gasteiger charge is -2.21. The van der Waals surface area contributed by atoms with Gasteiger partial charge in [-0.15, -0.1) is 0 Å². The SMILES string of the molecule is COC[C@H](C)S(=O)(=O)N1CC[C@H](Oc2cccnc2)C1. The van der Waals surface area contributed by atoms with Crippen LogP contribution in [0.2, 0.25) is 0 Å². The van der Waals surface area contributed by atoms with Crippen molar-refractivity contribution >= 4 is 10.0 Å². The van der Waals surface area contributed by atoms with Gasteiger partial charge in [-0.1, -0.05) is 0 Å². The van der Waals surface area contributed by atoms with Crippen molar-refractivity contribution in [3.8, 4) is 5.75 Å². The lowest BCUT2D eigenvalue weighted by atomic mass is 10.3. The van der Waals surface area contributed by atoms with Gasteiger partial charge in [0.25, 0.3) is 0 Å². The first-order valence-electron chi connectivity index (χ1n) is 6.58. The lowest BCUT2D eigenvalue weighted by molar-refractivity contribution is 0.196. The van der Waals surface area contributed by atoms with Crippen LogP contribution < -0.4 is 4.74 Å². The highest BCUT2D eigenvalue weighted by Crippen LogP contribution is 2.21. The molecule has 1 aromatic rings. The largest absolute Gasteiger partial charge is 0.487 e. The highest BCUT2D eigenvalue weighted by atomic mass is 32.2. The smallest absolute Gasteiger partial charge is 0.219 e. The molecule has 0 spiro atoms. The molecule has 0 amide bonds. The van der Waals surface area contributed by atoms with Crippen LogP contribution in [0, 0.1) is 0 Å². The first-order valence-corrected chi connectivity index (χ1v) is 8.09. The summed E-state index contributed by atoms with van der Waals surface area (Å²) in [5.41, 5.74) is 0. The van der Waals surface area contributed by atoms with E-state index in [1.54, 1.807) is 25.4 Å². The molecule has 0 saturated carbocycles. The van der Waals surface area contributed by atoms with Crippen molar-refractivity contribution in [1.82, 2.24) is 9.29 Å². The predicted octanol–water partition coefficient (Wildman–Crippen LogP) is 0.899. The second-order valence-corrected chi connectivity index (χ2v) is 7.24. The van der Waals surface area contributed by atoms with E-state index in [-0.39, 0.29) is 12.7 Å². The Labute approximate surface area is 119 Å². The van der Waals surface area contributed by atoms with Gasteiger partial charge in [0.1, 0.15) is 11.9 Å². The van der Waals surface area contributed by atoms with Gasteiger partial charge in [-0.2, -0.15) is 4.31 Å². The normalized spacial score (nSPS) is 21.8. The molecule has 20 heavy (non-hydrogen) atoms. The number of aromatic nitrogens is 1. The fraction of sp³-hybridized carbons (Fsp3) is 0.615. The van der Waals surface area contributed by atoms with E-state index in [1.807, 2.05) is 6.07 Å². The molecular weight excluding hydrogens is 280 g/mol. The standard InChI is InChI=1S/C13H20N2O4S/c1-11(10-18-2)20(16,17)15-7-5-13(9-15)19-12-4-3-6-14-8-12/h3-4,6,8,11,13H,5,7,9-10H2,1-2H3/t11-,13-/m0/s1. The van der Waals surface area contributed by atoms with Crippen molar-refractivity contribution < 1.29 is 17.9 Å². The zero-order valence-electron chi connectivity index (χ0n) is 11.7. The molecule has 1 aromatic heterocycles. The Kier molecular flexibility index (Phi) is 4.95. The molecule has 1 fully saturated rings. The van der Waals surface area contributed by atoms with Gasteiger partial charge < -0.3 is 9.47 Å². The topological polar surface area (TPSA) is 68.7 Å². The Bertz CT molecular complexity index is 520. The number of hydrogen-bond donors (Lipinski definition) is 0. The molecule has 1 saturated heterocycles. The van der Waals surface area contributed by atoms with Gasteiger partial charge in [0.05, 0.1) is 24.6 Å². The van der Waals surface area contributed by atoms with Crippen LogP contribution >= 0.6 is 0 Å². The Morgan fingerprint density at radius 2 is 2.35 bits per heavy atom. The molecule has 2 rings (SSSR count). The predicted molar refractivity (Wildman–Crippen MR) is 75.1 cm³/mol. The van der Waals surface area contributed by atoms with Crippen molar-refractivity contribution in [3.05, 3.63) is 24.5 Å². The molecule has 1 aliphatic heterocycles. The summed E-state index contributed by atoms with van der Waals surface area (Å²) in [7, 11) is -1.81. The van der Waals surface area contributed by atoms with Crippen molar-refractivity contribution in [2.75, 3.05) is 26.8 Å². The van der Waals surface area contributed by atoms with Gasteiger partial charge in [0.2, 0.25) is 10.0 Å². The van der Waals surface area contributed by atoms with Gasteiger partial charge >= 0.3 is 0 Å². The Morgan fingerprint density at radius 1 is 1.55 bits per heavy atom. The van der Waals surface area contributed by atoms with Crippen molar-refractivity contribution in [3.63, 3.8) is 0 Å². The van der Waals surface area contributed by atoms with Crippen LogP contribution in [-0.4, -0.2) is 55.9 Å². The summed E-state index contributed by atoms with van der Waals surface area (Å²) in [4.78, 5) is 3.97. The number of ether oxygens (including phenoxy) is 2. The third kappa shape index (κ3) is 3.47. The quantitative estimate of drug-likeness (QED) is 0.781. The average molecular weight is 300 g/mol. The number of methoxy groups -OCH3 is 1. The molecule has 112 valence electrons. The molecule has 0 N–H and O–H groups in total. The Hall–Kier alpha value is -1.18. The minimum atomic E-state index is -3.31. The first kappa shape index (κ1) is 15.2. The summed E-state index contributed by atoms with van der Waals surface area (Å²) in [6.45, 7) is 2.73. The van der Waals surface area contributed by atoms with Gasteiger partial charge in [0, 0.05) is 19.9 Å². The summed E-state index contributed by atoms with van der Waals surface area (Å²) in [5.74, 6) is 0.668. The van der Waals surface area contributed by atoms with Crippen LogP contribution in [0.5, 0.6) is 5.75 Å². The minimum absolute atomic E-state index is 0.122. The zero-order chi connectivity index (χ0) is 14.6. The Balaban J connectivity index is 1.95. The second kappa shape index (κ2) is 6.51. The van der Waals surface area contributed by atoms with Crippen molar-refractivity contribution in [2.45, 2.75) is 24.7 Å². The van der Waals surface area contributed by atoms with Gasteiger partial charge in [-0.3, -0.25) is 4.98 Å². The molecule has 0 aromatic carbocycles. The van der Waals surface area contributed by atoms with Crippen LogP contribution in [0.3, 0.4) is 0 Å². The molecule has 1 aliphatic rings. The number of rotatable bonds is 6. The number of hydrogen-bond acceptors (Lipinski definition) is 5. The fourth-order valence-corrected chi connectivity index (χ4v) is 3.76. The molecule has 7 heteroatoms. The molecular formula is C13H20N2O4S. The summed E-state index contributed by atoms with van der Waals surface area (Å²) in [6.07, 6.45) is 3.87. The summed E-state index contributed by atoms with van der Waals surface area (Å²) in [5, 5.41) is -0.537. The molecule has 0 aliphatic carbocycles. The van der Waals surface area contributed by atoms with Crippen LogP contribution in [-0.2, 0) is 14.8 Å². The molecule has 0 unspecified atom stereocenters. The monoisotopic (exact) mass is 300 g/mol. The van der Waals surface area contributed by atoms with E-state index in [0.717, 1.165) is 0 Å².